The minimum atomic E-state index is -0.760. The number of methoxy groups -OCH3 is 1. The maximum absolute atomic E-state index is 12.5. The summed E-state index contributed by atoms with van der Waals surface area (Å²) in [4.78, 5) is 24.2. The van der Waals surface area contributed by atoms with Crippen LogP contribution < -0.4 is 14.2 Å². The molecular formula is C23H22O6. The fraction of sp³-hybridized carbons (Fsp3) is 0.217. The van der Waals surface area contributed by atoms with Crippen LogP contribution in [-0.2, 0) is 9.53 Å². The Morgan fingerprint density at radius 1 is 1.21 bits per heavy atom. The van der Waals surface area contributed by atoms with E-state index in [-0.39, 0.29) is 18.1 Å². The van der Waals surface area contributed by atoms with E-state index in [4.69, 9.17) is 18.9 Å². The number of allylic oxidation sites excluding steroid dienone is 3. The van der Waals surface area contributed by atoms with E-state index in [1.54, 1.807) is 51.3 Å². The Morgan fingerprint density at radius 3 is 2.76 bits per heavy atom. The number of para-hydroxylation sites is 1. The molecule has 1 atom stereocenters. The van der Waals surface area contributed by atoms with Crippen LogP contribution >= 0.6 is 0 Å². The third-order valence-electron chi connectivity index (χ3n) is 4.24. The molecule has 6 heteroatoms. The van der Waals surface area contributed by atoms with E-state index in [1.807, 2.05) is 30.3 Å². The van der Waals surface area contributed by atoms with Crippen LogP contribution in [0, 0.1) is 0 Å². The van der Waals surface area contributed by atoms with E-state index >= 15 is 0 Å². The minimum Gasteiger partial charge on any atom is -0.496 e. The first kappa shape index (κ1) is 20.2. The molecule has 0 saturated carbocycles. The smallest absolute Gasteiger partial charge is 0.347 e. The fourth-order valence-electron chi connectivity index (χ4n) is 2.81. The number of hydrogen-bond donors (Lipinski definition) is 0. The Bertz CT molecular complexity index is 973. The standard InChI is InChI=1S/C23H22O6/c1-4-27-23(25)15(2)28-17-12-13-18-21(14-17)29-20(22(18)24)11-7-9-16-8-5-6-10-19(16)26-3/h5-15H,4H2,1-3H3/b9-7+,20-11-. The van der Waals surface area contributed by atoms with Crippen LogP contribution in [0.25, 0.3) is 6.08 Å². The molecule has 1 heterocycles. The predicted octanol–water partition coefficient (Wildman–Crippen LogP) is 4.20. The highest BCUT2D eigenvalue weighted by Gasteiger charge is 2.27. The highest BCUT2D eigenvalue weighted by molar-refractivity contribution is 6.12. The summed E-state index contributed by atoms with van der Waals surface area (Å²) < 4.78 is 21.5. The largest absolute Gasteiger partial charge is 0.496 e. The summed E-state index contributed by atoms with van der Waals surface area (Å²) in [6.45, 7) is 3.62. The van der Waals surface area contributed by atoms with Crippen molar-refractivity contribution in [1.29, 1.82) is 0 Å². The molecule has 1 unspecified atom stereocenters. The molecule has 2 aromatic rings. The number of rotatable bonds is 7. The zero-order chi connectivity index (χ0) is 20.8. The summed E-state index contributed by atoms with van der Waals surface area (Å²) in [5.41, 5.74) is 1.33. The number of ether oxygens (including phenoxy) is 4. The van der Waals surface area contributed by atoms with Crippen LogP contribution in [0.15, 0.2) is 60.4 Å². The first-order chi connectivity index (χ1) is 14.0. The molecule has 0 aliphatic carbocycles. The van der Waals surface area contributed by atoms with E-state index in [0.29, 0.717) is 17.1 Å². The molecule has 0 spiro atoms. The second-order valence-electron chi connectivity index (χ2n) is 6.23. The molecule has 0 amide bonds. The SMILES string of the molecule is CCOC(=O)C(C)Oc1ccc2c(c1)O/C(=C\C=C\c1ccccc1OC)C2=O. The molecule has 0 N–H and O–H groups in total. The van der Waals surface area contributed by atoms with Gasteiger partial charge >= 0.3 is 5.97 Å². The molecule has 29 heavy (non-hydrogen) atoms. The van der Waals surface area contributed by atoms with E-state index in [0.717, 1.165) is 11.3 Å². The lowest BCUT2D eigenvalue weighted by molar-refractivity contribution is -0.150. The molecule has 6 nitrogen and oxygen atoms in total. The maximum Gasteiger partial charge on any atom is 0.347 e. The highest BCUT2D eigenvalue weighted by atomic mass is 16.6. The van der Waals surface area contributed by atoms with Crippen molar-refractivity contribution >= 4 is 17.8 Å². The second-order valence-corrected chi connectivity index (χ2v) is 6.23. The van der Waals surface area contributed by atoms with Gasteiger partial charge in [-0.2, -0.15) is 0 Å². The Morgan fingerprint density at radius 2 is 2.00 bits per heavy atom. The van der Waals surface area contributed by atoms with Gasteiger partial charge < -0.3 is 18.9 Å². The van der Waals surface area contributed by atoms with Crippen molar-refractivity contribution in [2.24, 2.45) is 0 Å². The van der Waals surface area contributed by atoms with E-state index in [9.17, 15) is 9.59 Å². The summed E-state index contributed by atoms with van der Waals surface area (Å²) in [5.74, 6) is 1.09. The summed E-state index contributed by atoms with van der Waals surface area (Å²) in [5, 5.41) is 0. The Labute approximate surface area is 169 Å². The Hall–Kier alpha value is -3.54. The fourth-order valence-corrected chi connectivity index (χ4v) is 2.81. The molecule has 1 aliphatic heterocycles. The van der Waals surface area contributed by atoms with E-state index < -0.39 is 12.1 Å². The number of carbonyl (C=O) groups excluding carboxylic acids is 2. The first-order valence-corrected chi connectivity index (χ1v) is 9.24. The molecule has 0 fully saturated rings. The number of esters is 1. The number of hydrogen-bond acceptors (Lipinski definition) is 6. The van der Waals surface area contributed by atoms with Crippen LogP contribution in [0.5, 0.6) is 17.2 Å². The van der Waals surface area contributed by atoms with Gasteiger partial charge in [0.15, 0.2) is 11.9 Å². The first-order valence-electron chi connectivity index (χ1n) is 9.24. The van der Waals surface area contributed by atoms with E-state index in [2.05, 4.69) is 0 Å². The number of Topliss-reactive ketones (excluding diaryl/α,β-unsaturated/α-hetero) is 1. The van der Waals surface area contributed by atoms with Crippen molar-refractivity contribution in [2.75, 3.05) is 13.7 Å². The molecule has 0 aromatic heterocycles. The molecule has 0 saturated heterocycles. The summed E-state index contributed by atoms with van der Waals surface area (Å²) in [6, 6.07) is 12.4. The van der Waals surface area contributed by atoms with Crippen LogP contribution in [0.4, 0.5) is 0 Å². The van der Waals surface area contributed by atoms with E-state index in [1.165, 1.54) is 0 Å². The summed E-state index contributed by atoms with van der Waals surface area (Å²) >= 11 is 0. The van der Waals surface area contributed by atoms with Crippen LogP contribution in [0.3, 0.4) is 0 Å². The maximum atomic E-state index is 12.5. The van der Waals surface area contributed by atoms with Gasteiger partial charge in [-0.1, -0.05) is 30.4 Å². The topological polar surface area (TPSA) is 71.1 Å². The molecule has 3 rings (SSSR count). The molecule has 0 bridgehead atoms. The lowest BCUT2D eigenvalue weighted by Crippen LogP contribution is -2.26. The van der Waals surface area contributed by atoms with Crippen LogP contribution in [-0.4, -0.2) is 31.6 Å². The molecule has 2 aromatic carbocycles. The van der Waals surface area contributed by atoms with Gasteiger partial charge in [-0.15, -0.1) is 0 Å². The highest BCUT2D eigenvalue weighted by Crippen LogP contribution is 2.34. The van der Waals surface area contributed by atoms with Crippen molar-refractivity contribution in [1.82, 2.24) is 0 Å². The molecule has 1 aliphatic rings. The van der Waals surface area contributed by atoms with Gasteiger partial charge in [-0.05, 0) is 38.1 Å². The van der Waals surface area contributed by atoms with Crippen molar-refractivity contribution in [3.05, 3.63) is 71.5 Å². The van der Waals surface area contributed by atoms with Crippen LogP contribution in [0.1, 0.15) is 29.8 Å². The van der Waals surface area contributed by atoms with Gasteiger partial charge in [-0.25, -0.2) is 4.79 Å². The third kappa shape index (κ3) is 4.66. The van der Waals surface area contributed by atoms with Crippen molar-refractivity contribution in [2.45, 2.75) is 20.0 Å². The number of carbonyl (C=O) groups is 2. The van der Waals surface area contributed by atoms with Gasteiger partial charge in [0.25, 0.3) is 0 Å². The summed E-state index contributed by atoms with van der Waals surface area (Å²) in [7, 11) is 1.61. The second kappa shape index (κ2) is 9.10. The predicted molar refractivity (Wildman–Crippen MR) is 108 cm³/mol. The lowest BCUT2D eigenvalue weighted by Gasteiger charge is -2.13. The summed E-state index contributed by atoms with van der Waals surface area (Å²) in [6.07, 6.45) is 4.42. The average Bonchev–Trinajstić information content (AvgIpc) is 3.03. The Balaban J connectivity index is 1.72. The van der Waals surface area contributed by atoms with Crippen molar-refractivity contribution < 1.29 is 28.5 Å². The zero-order valence-electron chi connectivity index (χ0n) is 16.5. The number of ketones is 1. The number of fused-ring (bicyclic) bond motifs is 1. The lowest BCUT2D eigenvalue weighted by atomic mass is 10.1. The zero-order valence-corrected chi connectivity index (χ0v) is 16.5. The molecule has 150 valence electrons. The normalized spacial score (nSPS) is 15.1. The molecular weight excluding hydrogens is 372 g/mol. The Kier molecular flexibility index (Phi) is 6.34. The van der Waals surface area contributed by atoms with Gasteiger partial charge in [0.2, 0.25) is 5.78 Å². The minimum absolute atomic E-state index is 0.210. The third-order valence-corrected chi connectivity index (χ3v) is 4.24. The van der Waals surface area contributed by atoms with Gasteiger partial charge in [-0.3, -0.25) is 4.79 Å². The van der Waals surface area contributed by atoms with Gasteiger partial charge in [0.05, 0.1) is 19.3 Å². The number of benzene rings is 2. The van der Waals surface area contributed by atoms with Gasteiger partial charge in [0, 0.05) is 11.6 Å². The average molecular weight is 394 g/mol. The molecule has 0 radical (unpaired) electrons. The quantitative estimate of drug-likeness (QED) is 0.518. The van der Waals surface area contributed by atoms with Crippen molar-refractivity contribution in [3.63, 3.8) is 0 Å². The van der Waals surface area contributed by atoms with Crippen molar-refractivity contribution in [3.8, 4) is 17.2 Å². The monoisotopic (exact) mass is 394 g/mol. The van der Waals surface area contributed by atoms with Gasteiger partial charge in [0.1, 0.15) is 17.2 Å². The van der Waals surface area contributed by atoms with Crippen LogP contribution in [0.2, 0.25) is 0 Å².